The van der Waals surface area contributed by atoms with Gasteiger partial charge in [0.1, 0.15) is 4.90 Å². The van der Waals surface area contributed by atoms with Gasteiger partial charge in [-0.25, -0.2) is 8.42 Å². The molecule has 8 heteroatoms. The molecule has 1 N–H and O–H groups in total. The van der Waals surface area contributed by atoms with E-state index in [-0.39, 0.29) is 11.3 Å². The van der Waals surface area contributed by atoms with Crippen LogP contribution < -0.4 is 10.2 Å². The lowest BCUT2D eigenvalue weighted by molar-refractivity contribution is 0.102. The Hall–Kier alpha value is -2.45. The van der Waals surface area contributed by atoms with Gasteiger partial charge in [0.2, 0.25) is 10.0 Å². The number of nitrogens with one attached hydrogen (secondary N) is 1. The Kier molecular flexibility index (Phi) is 6.77. The molecular weight excluding hydrogens is 436 g/mol. The normalized spacial score (nSPS) is 19.3. The summed E-state index contributed by atoms with van der Waals surface area (Å²) in [7, 11) is -3.70. The zero-order valence-corrected chi connectivity index (χ0v) is 20.6. The van der Waals surface area contributed by atoms with E-state index >= 15 is 0 Å². The SMILES string of the molecule is Cc1ccc(NC(=O)c2cccnc2)c(N2CCC(C)(C)CC2)c1S(=O)(=O)N1CCCCC1. The Labute approximate surface area is 197 Å². The van der Waals surface area contributed by atoms with Gasteiger partial charge in [0, 0.05) is 38.6 Å². The number of piperidine rings is 2. The summed E-state index contributed by atoms with van der Waals surface area (Å²) in [5.41, 5.74) is 2.51. The van der Waals surface area contributed by atoms with Crippen molar-refractivity contribution >= 4 is 27.3 Å². The smallest absolute Gasteiger partial charge is 0.257 e. The summed E-state index contributed by atoms with van der Waals surface area (Å²) in [6.45, 7) is 8.92. The Morgan fingerprint density at radius 2 is 1.73 bits per heavy atom. The maximum absolute atomic E-state index is 13.9. The molecule has 0 unspecified atom stereocenters. The maximum Gasteiger partial charge on any atom is 0.257 e. The van der Waals surface area contributed by atoms with Crippen molar-refractivity contribution in [2.45, 2.75) is 57.8 Å². The van der Waals surface area contributed by atoms with Gasteiger partial charge >= 0.3 is 0 Å². The molecule has 4 rings (SSSR count). The van der Waals surface area contributed by atoms with E-state index in [2.05, 4.69) is 29.0 Å². The maximum atomic E-state index is 13.9. The first-order valence-corrected chi connectivity index (χ1v) is 13.2. The molecule has 7 nitrogen and oxygen atoms in total. The third-order valence-corrected chi connectivity index (χ3v) is 8.92. The van der Waals surface area contributed by atoms with E-state index in [1.807, 2.05) is 13.0 Å². The van der Waals surface area contributed by atoms with Crippen LogP contribution in [0.25, 0.3) is 0 Å². The molecule has 3 heterocycles. The molecule has 0 radical (unpaired) electrons. The Morgan fingerprint density at radius 1 is 1.03 bits per heavy atom. The van der Waals surface area contributed by atoms with Crippen LogP contribution in [0.5, 0.6) is 0 Å². The van der Waals surface area contributed by atoms with Crippen LogP contribution in [0.3, 0.4) is 0 Å². The zero-order valence-electron chi connectivity index (χ0n) is 19.8. The molecule has 2 saturated heterocycles. The predicted molar refractivity (Wildman–Crippen MR) is 131 cm³/mol. The minimum absolute atomic E-state index is 0.214. The summed E-state index contributed by atoms with van der Waals surface area (Å²) in [4.78, 5) is 19.5. The van der Waals surface area contributed by atoms with Gasteiger partial charge in [-0.15, -0.1) is 0 Å². The highest BCUT2D eigenvalue weighted by atomic mass is 32.2. The van der Waals surface area contributed by atoms with E-state index in [1.54, 1.807) is 28.7 Å². The topological polar surface area (TPSA) is 82.6 Å². The van der Waals surface area contributed by atoms with Gasteiger partial charge in [-0.2, -0.15) is 4.31 Å². The van der Waals surface area contributed by atoms with E-state index in [4.69, 9.17) is 0 Å². The second kappa shape index (κ2) is 9.43. The minimum atomic E-state index is -3.70. The van der Waals surface area contributed by atoms with E-state index < -0.39 is 10.0 Å². The molecule has 2 aromatic rings. The second-order valence-corrected chi connectivity index (χ2v) is 11.8. The van der Waals surface area contributed by atoms with Gasteiger partial charge in [0.25, 0.3) is 5.91 Å². The number of rotatable bonds is 5. The van der Waals surface area contributed by atoms with Gasteiger partial charge in [0.15, 0.2) is 0 Å². The molecular formula is C25H34N4O3S. The number of carbonyl (C=O) groups excluding carboxylic acids is 1. The number of hydrogen-bond acceptors (Lipinski definition) is 5. The summed E-state index contributed by atoms with van der Waals surface area (Å²) >= 11 is 0. The van der Waals surface area contributed by atoms with Gasteiger partial charge in [0.05, 0.1) is 16.9 Å². The number of aryl methyl sites for hydroxylation is 1. The Balaban J connectivity index is 1.79. The molecule has 178 valence electrons. The summed E-state index contributed by atoms with van der Waals surface area (Å²) in [5, 5.41) is 2.98. The van der Waals surface area contributed by atoms with E-state index in [0.717, 1.165) is 45.2 Å². The lowest BCUT2D eigenvalue weighted by Gasteiger charge is -2.40. The molecule has 0 bridgehead atoms. The number of nitrogens with zero attached hydrogens (tertiary/aromatic N) is 3. The van der Waals surface area contributed by atoms with Gasteiger partial charge in [-0.3, -0.25) is 9.78 Å². The van der Waals surface area contributed by atoms with E-state index in [0.29, 0.717) is 40.5 Å². The third-order valence-electron chi connectivity index (χ3n) is 6.85. The fourth-order valence-corrected chi connectivity index (χ4v) is 6.63. The van der Waals surface area contributed by atoms with Crippen molar-refractivity contribution in [3.05, 3.63) is 47.8 Å². The molecule has 2 aliphatic heterocycles. The van der Waals surface area contributed by atoms with Gasteiger partial charge in [-0.1, -0.05) is 26.3 Å². The number of anilines is 2. The average Bonchev–Trinajstić information content (AvgIpc) is 2.81. The highest BCUT2D eigenvalue weighted by molar-refractivity contribution is 7.89. The van der Waals surface area contributed by atoms with Crippen molar-refractivity contribution < 1.29 is 13.2 Å². The molecule has 2 fully saturated rings. The molecule has 2 aliphatic rings. The largest absolute Gasteiger partial charge is 0.369 e. The highest BCUT2D eigenvalue weighted by Crippen LogP contribution is 2.42. The van der Waals surface area contributed by atoms with Crippen LogP contribution >= 0.6 is 0 Å². The minimum Gasteiger partial charge on any atom is -0.369 e. The lowest BCUT2D eigenvalue weighted by atomic mass is 9.82. The molecule has 1 aromatic carbocycles. The van der Waals surface area contributed by atoms with Crippen LogP contribution in [0.2, 0.25) is 0 Å². The van der Waals surface area contributed by atoms with Crippen molar-refractivity contribution in [2.24, 2.45) is 5.41 Å². The van der Waals surface area contributed by atoms with Gasteiger partial charge < -0.3 is 10.2 Å². The molecule has 1 aromatic heterocycles. The number of aromatic nitrogens is 1. The predicted octanol–water partition coefficient (Wildman–Crippen LogP) is 4.44. The second-order valence-electron chi connectivity index (χ2n) is 9.92. The number of hydrogen-bond donors (Lipinski definition) is 1. The Bertz CT molecular complexity index is 1100. The summed E-state index contributed by atoms with van der Waals surface area (Å²) in [5.74, 6) is -0.299. The van der Waals surface area contributed by atoms with E-state index in [1.165, 1.54) is 6.20 Å². The standard InChI is InChI=1S/C25H34N4O3S/c1-19-9-10-21(27-24(30)20-8-7-13-26-18-20)22(28-16-11-25(2,3)12-17-28)23(19)33(31,32)29-14-5-4-6-15-29/h7-10,13,18H,4-6,11-12,14-17H2,1-3H3,(H,27,30). The van der Waals surface area contributed by atoms with Crippen LogP contribution in [0.4, 0.5) is 11.4 Å². The van der Waals surface area contributed by atoms with Crippen molar-refractivity contribution in [1.29, 1.82) is 0 Å². The molecule has 33 heavy (non-hydrogen) atoms. The molecule has 0 spiro atoms. The zero-order chi connectivity index (χ0) is 23.6. The van der Waals surface area contributed by atoms with Gasteiger partial charge in [-0.05, 0) is 61.8 Å². The highest BCUT2D eigenvalue weighted by Gasteiger charge is 2.35. The first kappa shape index (κ1) is 23.7. The summed E-state index contributed by atoms with van der Waals surface area (Å²) in [6, 6.07) is 7.04. The lowest BCUT2D eigenvalue weighted by Crippen LogP contribution is -2.41. The molecule has 0 aliphatic carbocycles. The molecule has 1 amide bonds. The molecule has 0 atom stereocenters. The van der Waals surface area contributed by atoms with Crippen LogP contribution in [0, 0.1) is 12.3 Å². The van der Waals surface area contributed by atoms with Crippen molar-refractivity contribution in [2.75, 3.05) is 36.4 Å². The van der Waals surface area contributed by atoms with Crippen molar-refractivity contribution in [1.82, 2.24) is 9.29 Å². The van der Waals surface area contributed by atoms with E-state index in [9.17, 15) is 13.2 Å². The average molecular weight is 471 g/mol. The van der Waals surface area contributed by atoms with Crippen LogP contribution in [-0.4, -0.2) is 49.8 Å². The van der Waals surface area contributed by atoms with Crippen LogP contribution in [-0.2, 0) is 10.0 Å². The number of pyridine rings is 1. The number of carbonyl (C=O) groups is 1. The monoisotopic (exact) mass is 470 g/mol. The molecule has 0 saturated carbocycles. The fraction of sp³-hybridized carbons (Fsp3) is 0.520. The fourth-order valence-electron chi connectivity index (χ4n) is 4.67. The van der Waals surface area contributed by atoms with Crippen molar-refractivity contribution in [3.8, 4) is 0 Å². The third kappa shape index (κ3) is 5.06. The van der Waals surface area contributed by atoms with Crippen LogP contribution in [0.1, 0.15) is 61.9 Å². The first-order valence-electron chi connectivity index (χ1n) is 11.8. The summed E-state index contributed by atoms with van der Waals surface area (Å²) in [6.07, 6.45) is 7.86. The number of sulfonamides is 1. The summed E-state index contributed by atoms with van der Waals surface area (Å²) < 4.78 is 29.4. The first-order chi connectivity index (χ1) is 15.7. The van der Waals surface area contributed by atoms with Crippen molar-refractivity contribution in [3.63, 3.8) is 0 Å². The quantitative estimate of drug-likeness (QED) is 0.698. The number of amides is 1. The Morgan fingerprint density at radius 3 is 2.36 bits per heavy atom. The van der Waals surface area contributed by atoms with Crippen LogP contribution in [0.15, 0.2) is 41.6 Å². The number of benzene rings is 1.